The molecular formula is C12H13N3O4S. The maximum Gasteiger partial charge on any atom is 0.436 e. The van der Waals surface area contributed by atoms with Gasteiger partial charge in [-0.3, -0.25) is 3.79 Å². The highest BCUT2D eigenvalue weighted by Gasteiger charge is 2.13. The Balaban J connectivity index is 2.46. The number of hydrogen-bond donors (Lipinski definition) is 0. The highest BCUT2D eigenvalue weighted by Crippen LogP contribution is 2.10. The fourth-order valence-electron chi connectivity index (χ4n) is 1.51. The number of carbonyl (C=O) groups excluding carboxylic acids is 2. The molecule has 0 aromatic carbocycles. The number of amides is 1. The highest BCUT2D eigenvalue weighted by atomic mass is 32.1. The Labute approximate surface area is 118 Å². The van der Waals surface area contributed by atoms with E-state index >= 15 is 0 Å². The van der Waals surface area contributed by atoms with Gasteiger partial charge >= 0.3 is 12.1 Å². The Bertz CT molecular complexity index is 704. The molecule has 7 nitrogen and oxygen atoms in total. The van der Waals surface area contributed by atoms with Crippen LogP contribution >= 0.6 is 11.5 Å². The molecule has 8 heteroatoms. The number of esters is 1. The van der Waals surface area contributed by atoms with Crippen LogP contribution in [-0.2, 0) is 9.47 Å². The summed E-state index contributed by atoms with van der Waals surface area (Å²) in [4.78, 5) is 31.2. The van der Waals surface area contributed by atoms with Crippen molar-refractivity contribution in [2.75, 3.05) is 13.2 Å². The molecule has 0 spiro atoms. The van der Waals surface area contributed by atoms with E-state index in [4.69, 9.17) is 9.47 Å². The molecule has 2 heterocycles. The summed E-state index contributed by atoms with van der Waals surface area (Å²) in [6.07, 6.45) is 1.02. The third-order valence-corrected chi connectivity index (χ3v) is 3.10. The molecule has 0 bridgehead atoms. The quantitative estimate of drug-likeness (QED) is 0.804. The van der Waals surface area contributed by atoms with Gasteiger partial charge in [0.15, 0.2) is 5.65 Å². The summed E-state index contributed by atoms with van der Waals surface area (Å²) in [7, 11) is 0. The number of fused-ring (bicyclic) bond motifs is 1. The second-order valence-corrected chi connectivity index (χ2v) is 4.53. The van der Waals surface area contributed by atoms with E-state index in [0.29, 0.717) is 11.2 Å². The van der Waals surface area contributed by atoms with Crippen LogP contribution in [0.4, 0.5) is 4.79 Å². The van der Waals surface area contributed by atoms with Gasteiger partial charge in [-0.05, 0) is 37.5 Å². The van der Waals surface area contributed by atoms with E-state index in [2.05, 4.69) is 9.98 Å². The minimum atomic E-state index is -0.704. The lowest BCUT2D eigenvalue weighted by Crippen LogP contribution is -2.08. The van der Waals surface area contributed by atoms with Crippen molar-refractivity contribution in [1.29, 1.82) is 0 Å². The van der Waals surface area contributed by atoms with E-state index in [1.807, 2.05) is 0 Å². The normalized spacial score (nSPS) is 11.6. The average Bonchev–Trinajstić information content (AvgIpc) is 2.80. The monoisotopic (exact) mass is 295 g/mol. The number of ether oxygens (including phenoxy) is 2. The van der Waals surface area contributed by atoms with Crippen LogP contribution in [-0.4, -0.2) is 34.1 Å². The Kier molecular flexibility index (Phi) is 4.46. The van der Waals surface area contributed by atoms with Crippen LogP contribution in [0.2, 0.25) is 0 Å². The summed E-state index contributed by atoms with van der Waals surface area (Å²) >= 11 is 1.13. The van der Waals surface area contributed by atoms with Crippen LogP contribution < -0.4 is 4.80 Å². The molecule has 0 aliphatic rings. The molecule has 0 saturated carbocycles. The maximum absolute atomic E-state index is 11.8. The van der Waals surface area contributed by atoms with Crippen molar-refractivity contribution in [1.82, 2.24) is 8.77 Å². The van der Waals surface area contributed by atoms with Crippen molar-refractivity contribution in [3.63, 3.8) is 0 Å². The summed E-state index contributed by atoms with van der Waals surface area (Å²) in [6.45, 7) is 3.95. The Hall–Kier alpha value is -2.22. The molecule has 0 aliphatic carbocycles. The van der Waals surface area contributed by atoms with Gasteiger partial charge in [-0.25, -0.2) is 9.59 Å². The predicted octanol–water partition coefficient (Wildman–Crippen LogP) is 1.63. The van der Waals surface area contributed by atoms with Crippen molar-refractivity contribution < 1.29 is 19.1 Å². The SMILES string of the molecule is CCOC(=O)/N=c1\nc2c(C(=O)OCC)cccn2s1. The van der Waals surface area contributed by atoms with Crippen LogP contribution in [0.15, 0.2) is 23.3 Å². The minimum Gasteiger partial charge on any atom is -0.462 e. The van der Waals surface area contributed by atoms with Gasteiger partial charge in [-0.15, -0.1) is 4.99 Å². The van der Waals surface area contributed by atoms with Crippen LogP contribution in [0.1, 0.15) is 24.2 Å². The standard InChI is InChI=1S/C12H13N3O4S/c1-3-18-10(16)8-6-5-7-15-9(8)13-11(20-15)14-12(17)19-4-2/h5-7H,3-4H2,1-2H3/b14-11+. The molecule has 0 fully saturated rings. The van der Waals surface area contributed by atoms with Crippen molar-refractivity contribution in [2.45, 2.75) is 13.8 Å². The fraction of sp³-hybridized carbons (Fsp3) is 0.333. The lowest BCUT2D eigenvalue weighted by molar-refractivity contribution is 0.0528. The topological polar surface area (TPSA) is 82.3 Å². The number of aromatic nitrogens is 2. The van der Waals surface area contributed by atoms with Crippen LogP contribution in [0, 0.1) is 0 Å². The number of carbonyl (C=O) groups is 2. The summed E-state index contributed by atoms with van der Waals surface area (Å²) in [5.74, 6) is -0.460. The van der Waals surface area contributed by atoms with Gasteiger partial charge in [0, 0.05) is 6.20 Å². The summed E-state index contributed by atoms with van der Waals surface area (Å²) < 4.78 is 11.3. The van der Waals surface area contributed by atoms with E-state index in [1.54, 1.807) is 36.0 Å². The first-order valence-electron chi connectivity index (χ1n) is 6.03. The van der Waals surface area contributed by atoms with Gasteiger partial charge in [-0.2, -0.15) is 4.98 Å². The smallest absolute Gasteiger partial charge is 0.436 e. The third-order valence-electron chi connectivity index (χ3n) is 2.27. The Morgan fingerprint density at radius 3 is 2.80 bits per heavy atom. The zero-order chi connectivity index (χ0) is 14.5. The van der Waals surface area contributed by atoms with Crippen LogP contribution in [0.5, 0.6) is 0 Å². The van der Waals surface area contributed by atoms with Gasteiger partial charge in [0.05, 0.1) is 13.2 Å². The number of nitrogens with zero attached hydrogens (tertiary/aromatic N) is 3. The Morgan fingerprint density at radius 2 is 2.10 bits per heavy atom. The zero-order valence-corrected chi connectivity index (χ0v) is 11.8. The van der Waals surface area contributed by atoms with E-state index in [0.717, 1.165) is 11.5 Å². The Morgan fingerprint density at radius 1 is 1.35 bits per heavy atom. The summed E-state index contributed by atoms with van der Waals surface area (Å²) in [6, 6.07) is 3.31. The largest absolute Gasteiger partial charge is 0.462 e. The first-order valence-corrected chi connectivity index (χ1v) is 6.80. The van der Waals surface area contributed by atoms with Crippen molar-refractivity contribution in [3.05, 3.63) is 28.7 Å². The second-order valence-electron chi connectivity index (χ2n) is 3.59. The molecule has 20 heavy (non-hydrogen) atoms. The lowest BCUT2D eigenvalue weighted by atomic mass is 10.3. The molecule has 106 valence electrons. The first-order chi connectivity index (χ1) is 9.65. The highest BCUT2D eigenvalue weighted by molar-refractivity contribution is 7.03. The first kappa shape index (κ1) is 14.2. The van der Waals surface area contributed by atoms with Gasteiger partial charge in [0.1, 0.15) is 5.56 Å². The molecule has 2 rings (SSSR count). The molecule has 2 aromatic heterocycles. The lowest BCUT2D eigenvalue weighted by Gasteiger charge is -2.01. The molecule has 0 N–H and O–H groups in total. The number of rotatable bonds is 3. The van der Waals surface area contributed by atoms with Gasteiger partial charge in [0.2, 0.25) is 4.80 Å². The molecule has 0 radical (unpaired) electrons. The predicted molar refractivity (Wildman–Crippen MR) is 71.6 cm³/mol. The van der Waals surface area contributed by atoms with Crippen LogP contribution in [0.25, 0.3) is 5.65 Å². The molecule has 2 aromatic rings. The zero-order valence-electron chi connectivity index (χ0n) is 11.0. The van der Waals surface area contributed by atoms with Gasteiger partial charge in [0.25, 0.3) is 0 Å². The molecule has 0 unspecified atom stereocenters. The molecule has 1 amide bonds. The molecular weight excluding hydrogens is 282 g/mol. The van der Waals surface area contributed by atoms with Gasteiger partial charge in [-0.1, -0.05) is 0 Å². The number of hydrogen-bond acceptors (Lipinski definition) is 6. The van der Waals surface area contributed by atoms with Crippen molar-refractivity contribution in [3.8, 4) is 0 Å². The minimum absolute atomic E-state index is 0.222. The fourth-order valence-corrected chi connectivity index (χ4v) is 2.29. The van der Waals surface area contributed by atoms with Crippen molar-refractivity contribution in [2.24, 2.45) is 4.99 Å². The van der Waals surface area contributed by atoms with Crippen LogP contribution in [0.3, 0.4) is 0 Å². The second kappa shape index (κ2) is 6.29. The number of pyridine rings is 1. The molecule has 0 saturated heterocycles. The van der Waals surface area contributed by atoms with E-state index < -0.39 is 12.1 Å². The summed E-state index contributed by atoms with van der Waals surface area (Å²) in [5, 5.41) is 0. The average molecular weight is 295 g/mol. The van der Waals surface area contributed by atoms with Crippen molar-refractivity contribution >= 4 is 29.2 Å². The molecule has 0 aliphatic heterocycles. The van der Waals surface area contributed by atoms with Gasteiger partial charge < -0.3 is 9.47 Å². The van der Waals surface area contributed by atoms with E-state index in [9.17, 15) is 9.59 Å². The van der Waals surface area contributed by atoms with E-state index in [-0.39, 0.29) is 18.0 Å². The maximum atomic E-state index is 11.8. The third kappa shape index (κ3) is 3.02. The summed E-state index contributed by atoms with van der Waals surface area (Å²) in [5.41, 5.74) is 0.731. The van der Waals surface area contributed by atoms with E-state index in [1.165, 1.54) is 0 Å². The molecule has 0 atom stereocenters.